The molecule has 5 nitrogen and oxygen atoms in total. The molecule has 19 heavy (non-hydrogen) atoms. The molecule has 1 amide bonds. The topological polar surface area (TPSA) is 56.7 Å². The number of hydrogen-bond donors (Lipinski definition) is 2. The standard InChI is InChI=1S/C13H26N4OS/c1-13(7-5-9-19-13)10-16-12(14-2)15-8-6-11(18)17(3)4/h5-10H2,1-4H3,(H2,14,15,16). The van der Waals surface area contributed by atoms with Gasteiger partial charge in [0, 0.05) is 45.4 Å². The Bertz CT molecular complexity index is 325. The molecule has 1 heterocycles. The summed E-state index contributed by atoms with van der Waals surface area (Å²) in [5.41, 5.74) is 0. The minimum atomic E-state index is 0.126. The fraction of sp³-hybridized carbons (Fsp3) is 0.846. The molecule has 1 saturated heterocycles. The Labute approximate surface area is 120 Å². The van der Waals surface area contributed by atoms with Gasteiger partial charge in [0.1, 0.15) is 0 Å². The zero-order chi connectivity index (χ0) is 14.3. The molecule has 1 fully saturated rings. The number of guanidine groups is 1. The Morgan fingerprint density at radius 1 is 1.42 bits per heavy atom. The average molecular weight is 286 g/mol. The van der Waals surface area contributed by atoms with Gasteiger partial charge < -0.3 is 15.5 Å². The maximum absolute atomic E-state index is 11.5. The van der Waals surface area contributed by atoms with E-state index >= 15 is 0 Å². The van der Waals surface area contributed by atoms with Gasteiger partial charge in [-0.1, -0.05) is 0 Å². The zero-order valence-corrected chi connectivity index (χ0v) is 13.3. The number of nitrogens with zero attached hydrogens (tertiary/aromatic N) is 2. The largest absolute Gasteiger partial charge is 0.356 e. The Hall–Kier alpha value is -0.910. The third kappa shape index (κ3) is 5.72. The van der Waals surface area contributed by atoms with Gasteiger partial charge in [0.05, 0.1) is 0 Å². The van der Waals surface area contributed by atoms with Crippen molar-refractivity contribution < 1.29 is 4.79 Å². The Balaban J connectivity index is 2.25. The lowest BCUT2D eigenvalue weighted by atomic mass is 10.1. The molecule has 0 aromatic carbocycles. The molecule has 1 unspecified atom stereocenters. The molecule has 0 aromatic rings. The summed E-state index contributed by atoms with van der Waals surface area (Å²) >= 11 is 2.02. The van der Waals surface area contributed by atoms with Gasteiger partial charge in [-0.25, -0.2) is 0 Å². The van der Waals surface area contributed by atoms with Gasteiger partial charge in [-0.05, 0) is 25.5 Å². The first-order valence-corrected chi connectivity index (χ1v) is 7.74. The van der Waals surface area contributed by atoms with Crippen LogP contribution in [0, 0.1) is 0 Å². The van der Waals surface area contributed by atoms with Gasteiger partial charge in [-0.3, -0.25) is 9.79 Å². The highest BCUT2D eigenvalue weighted by molar-refractivity contribution is 8.00. The Morgan fingerprint density at radius 3 is 2.68 bits per heavy atom. The lowest BCUT2D eigenvalue weighted by Gasteiger charge is -2.24. The summed E-state index contributed by atoms with van der Waals surface area (Å²) in [5.74, 6) is 2.16. The van der Waals surface area contributed by atoms with E-state index in [-0.39, 0.29) is 5.91 Å². The van der Waals surface area contributed by atoms with Gasteiger partial charge in [-0.15, -0.1) is 0 Å². The molecule has 0 radical (unpaired) electrons. The van der Waals surface area contributed by atoms with Crippen LogP contribution in [0.3, 0.4) is 0 Å². The van der Waals surface area contributed by atoms with E-state index in [9.17, 15) is 4.79 Å². The highest BCUT2D eigenvalue weighted by atomic mass is 32.2. The van der Waals surface area contributed by atoms with Gasteiger partial charge in [0.25, 0.3) is 0 Å². The Kier molecular flexibility index (Phi) is 6.48. The summed E-state index contributed by atoms with van der Waals surface area (Å²) in [7, 11) is 5.30. The number of aliphatic imine (C=N–C) groups is 1. The number of amides is 1. The molecule has 0 aromatic heterocycles. The van der Waals surface area contributed by atoms with Gasteiger partial charge >= 0.3 is 0 Å². The minimum absolute atomic E-state index is 0.126. The number of nitrogens with one attached hydrogen (secondary N) is 2. The Morgan fingerprint density at radius 2 is 2.16 bits per heavy atom. The van der Waals surface area contributed by atoms with Crippen molar-refractivity contribution >= 4 is 23.6 Å². The highest BCUT2D eigenvalue weighted by Crippen LogP contribution is 2.36. The third-order valence-corrected chi connectivity index (χ3v) is 4.82. The second kappa shape index (κ2) is 7.62. The molecule has 1 aliphatic rings. The first-order chi connectivity index (χ1) is 8.97. The first kappa shape index (κ1) is 16.1. The summed E-state index contributed by atoms with van der Waals surface area (Å²) in [6.07, 6.45) is 3.03. The molecule has 1 aliphatic heterocycles. The van der Waals surface area contributed by atoms with Crippen molar-refractivity contribution in [3.8, 4) is 0 Å². The van der Waals surface area contributed by atoms with Crippen LogP contribution in [0.1, 0.15) is 26.2 Å². The quantitative estimate of drug-likeness (QED) is 0.583. The van der Waals surface area contributed by atoms with Crippen LogP contribution in [0.5, 0.6) is 0 Å². The van der Waals surface area contributed by atoms with E-state index in [0.29, 0.717) is 17.7 Å². The number of hydrogen-bond acceptors (Lipinski definition) is 3. The summed E-state index contributed by atoms with van der Waals surface area (Å²) in [6, 6.07) is 0. The predicted molar refractivity (Wildman–Crippen MR) is 82.8 cm³/mol. The van der Waals surface area contributed by atoms with Crippen LogP contribution in [-0.4, -0.2) is 61.5 Å². The van der Waals surface area contributed by atoms with Crippen molar-refractivity contribution in [3.05, 3.63) is 0 Å². The SMILES string of the molecule is CN=C(NCCC(=O)N(C)C)NCC1(C)CCCS1. The minimum Gasteiger partial charge on any atom is -0.356 e. The molecule has 1 atom stereocenters. The fourth-order valence-corrected chi connectivity index (χ4v) is 3.22. The van der Waals surface area contributed by atoms with Crippen molar-refractivity contribution in [2.45, 2.75) is 30.9 Å². The van der Waals surface area contributed by atoms with Crippen molar-refractivity contribution in [3.63, 3.8) is 0 Å². The van der Waals surface area contributed by atoms with Crippen LogP contribution in [0.25, 0.3) is 0 Å². The van der Waals surface area contributed by atoms with Gasteiger partial charge in [0.2, 0.25) is 5.91 Å². The van der Waals surface area contributed by atoms with Gasteiger partial charge in [0.15, 0.2) is 5.96 Å². The second-order valence-electron chi connectivity index (χ2n) is 5.29. The fourth-order valence-electron chi connectivity index (χ4n) is 1.98. The van der Waals surface area contributed by atoms with Gasteiger partial charge in [-0.2, -0.15) is 11.8 Å². The average Bonchev–Trinajstić information content (AvgIpc) is 2.80. The van der Waals surface area contributed by atoms with E-state index in [2.05, 4.69) is 22.5 Å². The molecule has 0 bridgehead atoms. The number of rotatable bonds is 5. The zero-order valence-electron chi connectivity index (χ0n) is 12.5. The number of carbonyl (C=O) groups is 1. The highest BCUT2D eigenvalue weighted by Gasteiger charge is 2.29. The van der Waals surface area contributed by atoms with E-state index in [1.165, 1.54) is 18.6 Å². The molecule has 1 rings (SSSR count). The summed E-state index contributed by atoms with van der Waals surface area (Å²) in [5, 5.41) is 6.53. The van der Waals surface area contributed by atoms with Crippen LogP contribution >= 0.6 is 11.8 Å². The third-order valence-electron chi connectivity index (χ3n) is 3.28. The van der Waals surface area contributed by atoms with Crippen molar-refractivity contribution in [1.29, 1.82) is 0 Å². The smallest absolute Gasteiger partial charge is 0.223 e. The molecular formula is C13H26N4OS. The molecule has 0 saturated carbocycles. The lowest BCUT2D eigenvalue weighted by Crippen LogP contribution is -2.44. The van der Waals surface area contributed by atoms with Crippen LogP contribution in [0.2, 0.25) is 0 Å². The number of thioether (sulfide) groups is 1. The maximum atomic E-state index is 11.5. The molecular weight excluding hydrogens is 260 g/mol. The van der Waals surface area contributed by atoms with E-state index in [1.54, 1.807) is 26.0 Å². The van der Waals surface area contributed by atoms with Crippen molar-refractivity contribution in [1.82, 2.24) is 15.5 Å². The summed E-state index contributed by atoms with van der Waals surface area (Å²) < 4.78 is 0.317. The van der Waals surface area contributed by atoms with Crippen LogP contribution in [0.15, 0.2) is 4.99 Å². The van der Waals surface area contributed by atoms with E-state index < -0.39 is 0 Å². The molecule has 110 valence electrons. The van der Waals surface area contributed by atoms with Crippen LogP contribution < -0.4 is 10.6 Å². The normalized spacial score (nSPS) is 23.3. The monoisotopic (exact) mass is 286 g/mol. The van der Waals surface area contributed by atoms with Crippen LogP contribution in [-0.2, 0) is 4.79 Å². The van der Waals surface area contributed by atoms with Crippen molar-refractivity contribution in [2.75, 3.05) is 40.0 Å². The molecule has 2 N–H and O–H groups in total. The predicted octanol–water partition coefficient (Wildman–Crippen LogP) is 0.915. The summed E-state index contributed by atoms with van der Waals surface area (Å²) in [6.45, 7) is 3.82. The molecule has 6 heteroatoms. The first-order valence-electron chi connectivity index (χ1n) is 6.75. The molecule has 0 spiro atoms. The van der Waals surface area contributed by atoms with Crippen molar-refractivity contribution in [2.24, 2.45) is 4.99 Å². The van der Waals surface area contributed by atoms with E-state index in [1.807, 2.05) is 11.8 Å². The van der Waals surface area contributed by atoms with Crippen LogP contribution in [0.4, 0.5) is 0 Å². The second-order valence-corrected chi connectivity index (χ2v) is 6.98. The van der Waals surface area contributed by atoms with E-state index in [0.717, 1.165) is 12.5 Å². The summed E-state index contributed by atoms with van der Waals surface area (Å²) in [4.78, 5) is 17.2. The maximum Gasteiger partial charge on any atom is 0.223 e. The number of carbonyl (C=O) groups excluding carboxylic acids is 1. The van der Waals surface area contributed by atoms with E-state index in [4.69, 9.17) is 0 Å². The lowest BCUT2D eigenvalue weighted by molar-refractivity contribution is -0.128. The molecule has 0 aliphatic carbocycles.